The number of hydrogen-bond donors (Lipinski definition) is 1. The molecule has 0 radical (unpaired) electrons. The van der Waals surface area contributed by atoms with Gasteiger partial charge in [0.2, 0.25) is 11.6 Å². The molecule has 0 unspecified atom stereocenters. The summed E-state index contributed by atoms with van der Waals surface area (Å²) in [4.78, 5) is 8.09. The van der Waals surface area contributed by atoms with Gasteiger partial charge in [-0.1, -0.05) is 11.8 Å². The Hall–Kier alpha value is -1.82. The van der Waals surface area contributed by atoms with E-state index in [4.69, 9.17) is 5.73 Å². The number of rotatable bonds is 3. The summed E-state index contributed by atoms with van der Waals surface area (Å²) in [5.74, 6) is 0.816. The largest absolute Gasteiger partial charge is 0.618 e. The van der Waals surface area contributed by atoms with Crippen LogP contribution in [-0.4, -0.2) is 9.97 Å². The van der Waals surface area contributed by atoms with Crippen LogP contribution in [0.5, 0.6) is 0 Å². The summed E-state index contributed by atoms with van der Waals surface area (Å²) in [5, 5.41) is 12.2. The number of aryl methyl sites for hydroxylation is 1. The number of nitrogens with two attached hydrogens (primary N) is 1. The third kappa shape index (κ3) is 3.07. The van der Waals surface area contributed by atoms with E-state index in [0.717, 1.165) is 15.5 Å². The average Bonchev–Trinajstić information content (AvgIpc) is 2.27. The highest BCUT2D eigenvalue weighted by molar-refractivity contribution is 7.98. The molecule has 88 valence electrons. The lowest BCUT2D eigenvalue weighted by atomic mass is 10.4. The van der Waals surface area contributed by atoms with Crippen molar-refractivity contribution in [1.82, 2.24) is 9.97 Å². The van der Waals surface area contributed by atoms with Crippen molar-refractivity contribution < 1.29 is 4.73 Å². The third-order valence-corrected chi connectivity index (χ3v) is 3.07. The van der Waals surface area contributed by atoms with Crippen molar-refractivity contribution in [2.45, 2.75) is 17.7 Å². The first kappa shape index (κ1) is 11.7. The monoisotopic (exact) mass is 248 g/mol. The molecule has 2 rings (SSSR count). The molecule has 6 heteroatoms. The SMILES string of the molecule is Cc1cc(SCc2cccc[n+]2[O-])nc(N)n1. The molecule has 0 fully saturated rings. The van der Waals surface area contributed by atoms with Crippen molar-refractivity contribution in [1.29, 1.82) is 0 Å². The van der Waals surface area contributed by atoms with Crippen molar-refractivity contribution in [3.8, 4) is 0 Å². The summed E-state index contributed by atoms with van der Waals surface area (Å²) in [5.41, 5.74) is 7.07. The van der Waals surface area contributed by atoms with Crippen molar-refractivity contribution in [2.75, 3.05) is 5.73 Å². The fourth-order valence-corrected chi connectivity index (χ4v) is 2.29. The van der Waals surface area contributed by atoms with Crippen molar-refractivity contribution in [3.05, 3.63) is 47.1 Å². The van der Waals surface area contributed by atoms with Crippen LogP contribution in [0.2, 0.25) is 0 Å². The van der Waals surface area contributed by atoms with Gasteiger partial charge < -0.3 is 10.9 Å². The zero-order chi connectivity index (χ0) is 12.3. The molecular weight excluding hydrogens is 236 g/mol. The fourth-order valence-electron chi connectivity index (χ4n) is 1.36. The molecule has 2 aromatic heterocycles. The fraction of sp³-hybridized carbons (Fsp3) is 0.182. The van der Waals surface area contributed by atoms with Crippen LogP contribution >= 0.6 is 11.8 Å². The highest BCUT2D eigenvalue weighted by Gasteiger charge is 2.06. The Kier molecular flexibility index (Phi) is 3.43. The molecule has 2 heterocycles. The van der Waals surface area contributed by atoms with Crippen LogP contribution in [0.3, 0.4) is 0 Å². The molecule has 2 aromatic rings. The van der Waals surface area contributed by atoms with Crippen LogP contribution in [0.25, 0.3) is 0 Å². The van der Waals surface area contributed by atoms with Gasteiger partial charge in [0, 0.05) is 17.8 Å². The third-order valence-electron chi connectivity index (χ3n) is 2.12. The normalized spacial score (nSPS) is 10.4. The van der Waals surface area contributed by atoms with Gasteiger partial charge >= 0.3 is 0 Å². The minimum Gasteiger partial charge on any atom is -0.618 e. The van der Waals surface area contributed by atoms with Gasteiger partial charge in [0.15, 0.2) is 6.20 Å². The van der Waals surface area contributed by atoms with Gasteiger partial charge in [-0.2, -0.15) is 4.73 Å². The molecule has 0 aliphatic carbocycles. The van der Waals surface area contributed by atoms with E-state index >= 15 is 0 Å². The maximum absolute atomic E-state index is 11.4. The van der Waals surface area contributed by atoms with Gasteiger partial charge in [-0.3, -0.25) is 0 Å². The maximum atomic E-state index is 11.4. The van der Waals surface area contributed by atoms with E-state index in [0.29, 0.717) is 11.4 Å². The van der Waals surface area contributed by atoms with Crippen LogP contribution in [-0.2, 0) is 5.75 Å². The number of anilines is 1. The smallest absolute Gasteiger partial charge is 0.221 e. The molecule has 0 saturated carbocycles. The summed E-state index contributed by atoms with van der Waals surface area (Å²) in [6.07, 6.45) is 1.48. The van der Waals surface area contributed by atoms with Gasteiger partial charge in [-0.05, 0) is 19.1 Å². The Morgan fingerprint density at radius 2 is 2.24 bits per heavy atom. The van der Waals surface area contributed by atoms with E-state index in [9.17, 15) is 5.21 Å². The predicted octanol–water partition coefficient (Wildman–Crippen LogP) is 1.29. The standard InChI is InChI=1S/C11H12N4OS/c1-8-6-10(14-11(12)13-8)17-7-9-4-2-3-5-15(9)16/h2-6H,7H2,1H3,(H2,12,13,14). The van der Waals surface area contributed by atoms with Crippen molar-refractivity contribution in [2.24, 2.45) is 0 Å². The highest BCUT2D eigenvalue weighted by Crippen LogP contribution is 2.20. The van der Waals surface area contributed by atoms with Crippen LogP contribution < -0.4 is 10.5 Å². The van der Waals surface area contributed by atoms with E-state index in [-0.39, 0.29) is 5.95 Å². The summed E-state index contributed by atoms with van der Waals surface area (Å²) >= 11 is 1.46. The lowest BCUT2D eigenvalue weighted by Crippen LogP contribution is -2.30. The second-order valence-corrected chi connectivity index (χ2v) is 4.51. The lowest BCUT2D eigenvalue weighted by molar-refractivity contribution is -0.612. The molecule has 0 atom stereocenters. The maximum Gasteiger partial charge on any atom is 0.221 e. The zero-order valence-electron chi connectivity index (χ0n) is 9.33. The topological polar surface area (TPSA) is 78.7 Å². The molecule has 0 spiro atoms. The summed E-state index contributed by atoms with van der Waals surface area (Å²) in [6, 6.07) is 7.17. The Labute approximate surface area is 103 Å². The Morgan fingerprint density at radius 1 is 1.41 bits per heavy atom. The molecule has 0 amide bonds. The van der Waals surface area contributed by atoms with Crippen LogP contribution in [0, 0.1) is 12.1 Å². The molecular formula is C11H12N4OS. The van der Waals surface area contributed by atoms with E-state index < -0.39 is 0 Å². The molecule has 0 aliphatic heterocycles. The number of aromatic nitrogens is 3. The summed E-state index contributed by atoms with van der Waals surface area (Å²) in [6.45, 7) is 1.86. The quantitative estimate of drug-likeness (QED) is 0.383. The van der Waals surface area contributed by atoms with E-state index in [1.54, 1.807) is 12.1 Å². The predicted molar refractivity (Wildman–Crippen MR) is 66.1 cm³/mol. The molecule has 0 saturated heterocycles. The van der Waals surface area contributed by atoms with Crippen LogP contribution in [0.15, 0.2) is 35.5 Å². The first-order chi connectivity index (χ1) is 8.15. The molecule has 17 heavy (non-hydrogen) atoms. The molecule has 0 aliphatic rings. The molecule has 5 nitrogen and oxygen atoms in total. The molecule has 2 N–H and O–H groups in total. The van der Waals surface area contributed by atoms with E-state index in [2.05, 4.69) is 9.97 Å². The van der Waals surface area contributed by atoms with Crippen LogP contribution in [0.1, 0.15) is 11.4 Å². The Bertz CT molecular complexity index is 512. The van der Waals surface area contributed by atoms with Crippen molar-refractivity contribution >= 4 is 17.7 Å². The zero-order valence-corrected chi connectivity index (χ0v) is 10.1. The minimum absolute atomic E-state index is 0.260. The summed E-state index contributed by atoms with van der Waals surface area (Å²) < 4.78 is 0.852. The number of thioether (sulfide) groups is 1. The highest BCUT2D eigenvalue weighted by atomic mass is 32.2. The number of nitrogens with zero attached hydrogens (tertiary/aromatic N) is 3. The Balaban J connectivity index is 2.10. The molecule has 0 bridgehead atoms. The van der Waals surface area contributed by atoms with Gasteiger partial charge in [0.25, 0.3) is 0 Å². The lowest BCUT2D eigenvalue weighted by Gasteiger charge is -2.04. The number of pyridine rings is 1. The van der Waals surface area contributed by atoms with Gasteiger partial charge in [-0.25, -0.2) is 9.97 Å². The number of nitrogen functional groups attached to an aromatic ring is 1. The van der Waals surface area contributed by atoms with Crippen LogP contribution in [0.4, 0.5) is 5.95 Å². The first-order valence-electron chi connectivity index (χ1n) is 5.06. The van der Waals surface area contributed by atoms with Crippen molar-refractivity contribution in [3.63, 3.8) is 0 Å². The number of hydrogen-bond acceptors (Lipinski definition) is 5. The van der Waals surface area contributed by atoms with Gasteiger partial charge in [-0.15, -0.1) is 0 Å². The molecule has 0 aromatic carbocycles. The first-order valence-corrected chi connectivity index (χ1v) is 6.05. The van der Waals surface area contributed by atoms with Gasteiger partial charge in [0.1, 0.15) is 5.03 Å². The second-order valence-electron chi connectivity index (χ2n) is 3.51. The summed E-state index contributed by atoms with van der Waals surface area (Å²) in [7, 11) is 0. The second kappa shape index (κ2) is 5.01. The Morgan fingerprint density at radius 3 is 2.94 bits per heavy atom. The van der Waals surface area contributed by atoms with E-state index in [1.807, 2.05) is 19.1 Å². The minimum atomic E-state index is 0.260. The average molecular weight is 248 g/mol. The van der Waals surface area contributed by atoms with Gasteiger partial charge in [0.05, 0.1) is 5.75 Å². The van der Waals surface area contributed by atoms with E-state index in [1.165, 1.54) is 18.0 Å².